The fourth-order valence-electron chi connectivity index (χ4n) is 2.27. The van der Waals surface area contributed by atoms with Gasteiger partial charge in [0.2, 0.25) is 11.8 Å². The third kappa shape index (κ3) is 9.31. The molecule has 0 atom stereocenters. The van der Waals surface area contributed by atoms with Crippen molar-refractivity contribution in [2.75, 3.05) is 39.6 Å². The van der Waals surface area contributed by atoms with Crippen LogP contribution < -0.4 is 0 Å². The smallest absolute Gasteiger partial charge is 0.305 e. The molecule has 8 heteroatoms. The number of nitrogens with zero attached hydrogens (tertiary/aromatic N) is 1. The predicted octanol–water partition coefficient (Wildman–Crippen LogP) is 0.861. The molecule has 0 bridgehead atoms. The third-order valence-corrected chi connectivity index (χ3v) is 3.60. The average molecular weight is 357 g/mol. The molecule has 25 heavy (non-hydrogen) atoms. The molecule has 1 aliphatic rings. The van der Waals surface area contributed by atoms with E-state index < -0.39 is 0 Å². The maximum Gasteiger partial charge on any atom is 0.305 e. The average Bonchev–Trinajstić information content (AvgIpc) is 2.89. The van der Waals surface area contributed by atoms with Crippen LogP contribution >= 0.6 is 0 Å². The molecule has 0 radical (unpaired) electrons. The monoisotopic (exact) mass is 357 g/mol. The Morgan fingerprint density at radius 1 is 0.920 bits per heavy atom. The maximum absolute atomic E-state index is 11.8. The number of amides is 2. The minimum Gasteiger partial charge on any atom is -0.466 e. The first-order chi connectivity index (χ1) is 12.0. The topological polar surface area (TPSA) is 99.2 Å². The van der Waals surface area contributed by atoms with Crippen molar-refractivity contribution in [3.63, 3.8) is 0 Å². The summed E-state index contributed by atoms with van der Waals surface area (Å²) in [6.45, 7) is 4.23. The number of imide groups is 1. The van der Waals surface area contributed by atoms with Crippen LogP contribution in [0.15, 0.2) is 0 Å². The molecule has 1 heterocycles. The predicted molar refractivity (Wildman–Crippen MR) is 87.7 cm³/mol. The molecule has 0 saturated carbocycles. The first-order valence-electron chi connectivity index (χ1n) is 8.70. The van der Waals surface area contributed by atoms with Crippen molar-refractivity contribution in [2.45, 2.75) is 45.4 Å². The molecular formula is C17H27NO7. The van der Waals surface area contributed by atoms with Crippen LogP contribution in [-0.2, 0) is 33.4 Å². The van der Waals surface area contributed by atoms with Gasteiger partial charge in [0.1, 0.15) is 0 Å². The molecule has 0 aromatic heterocycles. The van der Waals surface area contributed by atoms with Gasteiger partial charge in [-0.05, 0) is 13.3 Å². The van der Waals surface area contributed by atoms with Crippen molar-refractivity contribution in [1.82, 2.24) is 4.90 Å². The highest BCUT2D eigenvalue weighted by atomic mass is 16.5. The van der Waals surface area contributed by atoms with E-state index in [0.29, 0.717) is 39.3 Å². The van der Waals surface area contributed by atoms with Gasteiger partial charge in [-0.3, -0.25) is 24.1 Å². The first-order valence-corrected chi connectivity index (χ1v) is 8.70. The number of hydrogen-bond acceptors (Lipinski definition) is 7. The van der Waals surface area contributed by atoms with Crippen molar-refractivity contribution < 1.29 is 33.4 Å². The minimum absolute atomic E-state index is 0.138. The van der Waals surface area contributed by atoms with Gasteiger partial charge < -0.3 is 14.2 Å². The van der Waals surface area contributed by atoms with E-state index in [2.05, 4.69) is 0 Å². The lowest BCUT2D eigenvalue weighted by Crippen LogP contribution is -2.34. The van der Waals surface area contributed by atoms with Gasteiger partial charge in [0, 0.05) is 45.3 Å². The molecule has 1 aliphatic heterocycles. The summed E-state index contributed by atoms with van der Waals surface area (Å²) in [7, 11) is 0. The Morgan fingerprint density at radius 2 is 1.60 bits per heavy atom. The number of rotatable bonds is 14. The van der Waals surface area contributed by atoms with E-state index >= 15 is 0 Å². The fraction of sp³-hybridized carbons (Fsp3) is 0.765. The summed E-state index contributed by atoms with van der Waals surface area (Å²) in [6, 6.07) is 0. The number of carbonyl (C=O) groups is 4. The Balaban J connectivity index is 1.98. The summed E-state index contributed by atoms with van der Waals surface area (Å²) in [4.78, 5) is 47.1. The highest BCUT2D eigenvalue weighted by Gasteiger charge is 2.30. The zero-order valence-electron chi connectivity index (χ0n) is 14.8. The van der Waals surface area contributed by atoms with Crippen LogP contribution in [0.1, 0.15) is 45.4 Å². The zero-order chi connectivity index (χ0) is 18.5. The van der Waals surface area contributed by atoms with Crippen LogP contribution in [0.3, 0.4) is 0 Å². The second-order valence-corrected chi connectivity index (χ2v) is 5.65. The quantitative estimate of drug-likeness (QED) is 0.258. The van der Waals surface area contributed by atoms with Gasteiger partial charge in [-0.1, -0.05) is 0 Å². The number of Topliss-reactive ketones (excluding diaryl/α,β-unsaturated/α-hetero) is 1. The molecule has 0 N–H and O–H groups in total. The summed E-state index contributed by atoms with van der Waals surface area (Å²) >= 11 is 0. The first kappa shape index (κ1) is 21.2. The van der Waals surface area contributed by atoms with Crippen molar-refractivity contribution in [3.05, 3.63) is 0 Å². The Hall–Kier alpha value is -1.80. The zero-order valence-corrected chi connectivity index (χ0v) is 14.8. The van der Waals surface area contributed by atoms with Gasteiger partial charge in [0.15, 0.2) is 5.78 Å². The number of likely N-dealkylation sites (tertiary alicyclic amines) is 1. The molecule has 1 rings (SSSR count). The van der Waals surface area contributed by atoms with Gasteiger partial charge in [-0.25, -0.2) is 0 Å². The molecule has 142 valence electrons. The lowest BCUT2D eigenvalue weighted by atomic mass is 10.1. The Kier molecular flexibility index (Phi) is 10.7. The molecule has 0 spiro atoms. The number of ether oxygens (including phenoxy) is 3. The molecular weight excluding hydrogens is 330 g/mol. The highest BCUT2D eigenvalue weighted by Crippen LogP contribution is 2.12. The minimum atomic E-state index is -0.365. The number of esters is 1. The molecule has 0 aliphatic carbocycles. The second-order valence-electron chi connectivity index (χ2n) is 5.65. The number of carbonyl (C=O) groups excluding carboxylic acids is 4. The van der Waals surface area contributed by atoms with Gasteiger partial charge in [-0.2, -0.15) is 0 Å². The highest BCUT2D eigenvalue weighted by molar-refractivity contribution is 6.04. The van der Waals surface area contributed by atoms with E-state index in [1.54, 1.807) is 0 Å². The SMILES string of the molecule is CCOCCOCCCOC(=O)CCCC(=O)CN1C(=O)CCC1=O. The van der Waals surface area contributed by atoms with Crippen LogP contribution in [0.5, 0.6) is 0 Å². The molecule has 0 aromatic rings. The summed E-state index contributed by atoms with van der Waals surface area (Å²) in [5.41, 5.74) is 0. The van der Waals surface area contributed by atoms with Crippen LogP contribution in [0.25, 0.3) is 0 Å². The van der Waals surface area contributed by atoms with E-state index in [4.69, 9.17) is 14.2 Å². The summed E-state index contributed by atoms with van der Waals surface area (Å²) < 4.78 is 15.4. The lowest BCUT2D eigenvalue weighted by Gasteiger charge is -2.12. The largest absolute Gasteiger partial charge is 0.466 e. The Bertz CT molecular complexity index is 448. The van der Waals surface area contributed by atoms with Crippen LogP contribution in [0.4, 0.5) is 0 Å². The normalized spacial score (nSPS) is 14.2. The Labute approximate surface area is 147 Å². The summed E-state index contributed by atoms with van der Waals surface area (Å²) in [5, 5.41) is 0. The van der Waals surface area contributed by atoms with E-state index in [1.807, 2.05) is 6.92 Å². The number of hydrogen-bond donors (Lipinski definition) is 0. The van der Waals surface area contributed by atoms with Gasteiger partial charge in [0.05, 0.1) is 26.4 Å². The molecule has 0 unspecified atom stereocenters. The molecule has 1 fully saturated rings. The maximum atomic E-state index is 11.8. The summed E-state index contributed by atoms with van der Waals surface area (Å²) in [5.74, 6) is -1.20. The number of ketones is 1. The lowest BCUT2D eigenvalue weighted by molar-refractivity contribution is -0.145. The molecule has 0 aromatic carbocycles. The van der Waals surface area contributed by atoms with Crippen molar-refractivity contribution in [3.8, 4) is 0 Å². The standard InChI is InChI=1S/C17H27NO7/c1-2-23-11-12-24-9-4-10-25-17(22)6-3-5-14(19)13-18-15(20)7-8-16(18)21/h2-13H2,1H3. The molecule has 2 amide bonds. The Morgan fingerprint density at radius 3 is 2.28 bits per heavy atom. The van der Waals surface area contributed by atoms with E-state index in [-0.39, 0.29) is 62.4 Å². The van der Waals surface area contributed by atoms with Gasteiger partial charge >= 0.3 is 5.97 Å². The van der Waals surface area contributed by atoms with Crippen molar-refractivity contribution in [1.29, 1.82) is 0 Å². The molecule has 8 nitrogen and oxygen atoms in total. The summed E-state index contributed by atoms with van der Waals surface area (Å²) in [6.07, 6.45) is 1.59. The van der Waals surface area contributed by atoms with E-state index in [1.165, 1.54) is 0 Å². The van der Waals surface area contributed by atoms with E-state index in [9.17, 15) is 19.2 Å². The third-order valence-electron chi connectivity index (χ3n) is 3.60. The second kappa shape index (κ2) is 12.5. The van der Waals surface area contributed by atoms with Gasteiger partial charge in [-0.15, -0.1) is 0 Å². The fourth-order valence-corrected chi connectivity index (χ4v) is 2.27. The van der Waals surface area contributed by atoms with E-state index in [0.717, 1.165) is 4.90 Å². The van der Waals surface area contributed by atoms with Crippen LogP contribution in [0.2, 0.25) is 0 Å². The van der Waals surface area contributed by atoms with Crippen LogP contribution in [-0.4, -0.2) is 68.0 Å². The molecule has 1 saturated heterocycles. The van der Waals surface area contributed by atoms with Crippen molar-refractivity contribution >= 4 is 23.6 Å². The van der Waals surface area contributed by atoms with Gasteiger partial charge in [0.25, 0.3) is 0 Å². The van der Waals surface area contributed by atoms with Crippen LogP contribution in [0, 0.1) is 0 Å². The van der Waals surface area contributed by atoms with Crippen molar-refractivity contribution in [2.24, 2.45) is 0 Å².